The lowest BCUT2D eigenvalue weighted by atomic mass is 9.90. The first-order valence-corrected chi connectivity index (χ1v) is 10.2. The van der Waals surface area contributed by atoms with E-state index in [1.165, 1.54) is 0 Å². The predicted molar refractivity (Wildman–Crippen MR) is 108 cm³/mol. The molecule has 0 spiro atoms. The Morgan fingerprint density at radius 1 is 1.09 bits per heavy atom. The maximum atomic E-state index is 12.6. The van der Waals surface area contributed by atoms with E-state index in [-0.39, 0.29) is 5.92 Å². The van der Waals surface area contributed by atoms with E-state index in [2.05, 4.69) is 9.72 Å². The van der Waals surface area contributed by atoms with Gasteiger partial charge < -0.3 is 14.5 Å². The molecule has 2 aliphatic heterocycles. The minimum Gasteiger partial charge on any atom is -0.488 e. The fourth-order valence-corrected chi connectivity index (χ4v) is 4.67. The number of rotatable bonds is 4. The number of nitrogens with zero attached hydrogens (tertiary/aromatic N) is 1. The van der Waals surface area contributed by atoms with Crippen LogP contribution < -0.4 is 4.74 Å². The Bertz CT molecular complexity index is 1190. The van der Waals surface area contributed by atoms with Gasteiger partial charge in [0.1, 0.15) is 18.4 Å². The summed E-state index contributed by atoms with van der Waals surface area (Å²) in [5.41, 5.74) is 3.02. The summed E-state index contributed by atoms with van der Waals surface area (Å²) >= 11 is 0. The SMILES string of the molecule is O=C(OC(=O)C(F)(F)F)C1c2[nH]c3cccc(OCc4ccccc4)c3c2C2CCN1C2. The van der Waals surface area contributed by atoms with Crippen LogP contribution >= 0.6 is 0 Å². The van der Waals surface area contributed by atoms with E-state index in [0.29, 0.717) is 36.7 Å². The Balaban J connectivity index is 1.52. The number of H-pyrrole nitrogens is 1. The summed E-state index contributed by atoms with van der Waals surface area (Å²) in [4.78, 5) is 28.8. The van der Waals surface area contributed by atoms with Crippen LogP contribution in [-0.2, 0) is 20.9 Å². The van der Waals surface area contributed by atoms with Crippen LogP contribution in [0.25, 0.3) is 10.9 Å². The Morgan fingerprint density at radius 2 is 1.88 bits per heavy atom. The van der Waals surface area contributed by atoms with Crippen molar-refractivity contribution in [3.63, 3.8) is 0 Å². The van der Waals surface area contributed by atoms with E-state index in [0.717, 1.165) is 22.9 Å². The van der Waals surface area contributed by atoms with E-state index in [1.807, 2.05) is 48.5 Å². The Hall–Kier alpha value is -3.33. The van der Waals surface area contributed by atoms with Crippen molar-refractivity contribution in [2.75, 3.05) is 13.1 Å². The first kappa shape index (κ1) is 20.6. The third kappa shape index (κ3) is 3.52. The van der Waals surface area contributed by atoms with Gasteiger partial charge in [0.2, 0.25) is 0 Å². The molecule has 166 valence electrons. The highest BCUT2D eigenvalue weighted by atomic mass is 19.4. The third-order valence-electron chi connectivity index (χ3n) is 6.01. The van der Waals surface area contributed by atoms with E-state index < -0.39 is 24.2 Å². The van der Waals surface area contributed by atoms with Crippen molar-refractivity contribution < 1.29 is 32.2 Å². The number of aromatic amines is 1. The van der Waals surface area contributed by atoms with Crippen molar-refractivity contribution in [2.24, 2.45) is 0 Å². The van der Waals surface area contributed by atoms with Crippen molar-refractivity contribution in [1.29, 1.82) is 0 Å². The second-order valence-corrected chi connectivity index (χ2v) is 7.99. The van der Waals surface area contributed by atoms with Gasteiger partial charge in [-0.3, -0.25) is 4.90 Å². The average Bonchev–Trinajstić information content (AvgIpc) is 3.35. The molecule has 5 rings (SSSR count). The van der Waals surface area contributed by atoms with E-state index >= 15 is 0 Å². The monoisotopic (exact) mass is 444 g/mol. The molecule has 0 aliphatic carbocycles. The minimum absolute atomic E-state index is 0.0996. The lowest BCUT2D eigenvalue weighted by Gasteiger charge is -2.30. The molecule has 0 saturated carbocycles. The van der Waals surface area contributed by atoms with E-state index in [1.54, 1.807) is 4.90 Å². The zero-order valence-corrected chi connectivity index (χ0v) is 16.8. The highest BCUT2D eigenvalue weighted by Crippen LogP contribution is 2.48. The molecule has 1 aromatic heterocycles. The minimum atomic E-state index is -5.24. The maximum absolute atomic E-state index is 12.6. The van der Waals surface area contributed by atoms with Gasteiger partial charge in [-0.25, -0.2) is 9.59 Å². The molecule has 1 fully saturated rings. The second kappa shape index (κ2) is 7.67. The first-order chi connectivity index (χ1) is 15.3. The molecule has 0 radical (unpaired) electrons. The molecule has 2 aromatic carbocycles. The van der Waals surface area contributed by atoms with Crippen molar-refractivity contribution in [3.05, 3.63) is 65.4 Å². The van der Waals surface area contributed by atoms with Crippen molar-refractivity contribution in [2.45, 2.75) is 31.2 Å². The van der Waals surface area contributed by atoms with Crippen LogP contribution in [0.5, 0.6) is 5.75 Å². The smallest absolute Gasteiger partial charge is 0.488 e. The Kier molecular flexibility index (Phi) is 4.93. The lowest BCUT2D eigenvalue weighted by molar-refractivity contribution is -0.203. The summed E-state index contributed by atoms with van der Waals surface area (Å²) in [6, 6.07) is 14.0. The largest absolute Gasteiger partial charge is 0.491 e. The van der Waals surface area contributed by atoms with E-state index in [4.69, 9.17) is 4.74 Å². The van der Waals surface area contributed by atoms with Gasteiger partial charge in [-0.1, -0.05) is 36.4 Å². The van der Waals surface area contributed by atoms with Crippen LogP contribution in [0, 0.1) is 0 Å². The fraction of sp³-hybridized carbons (Fsp3) is 0.304. The van der Waals surface area contributed by atoms with Crippen LogP contribution in [-0.4, -0.2) is 41.1 Å². The molecule has 3 atom stereocenters. The maximum Gasteiger partial charge on any atom is 0.491 e. The van der Waals surface area contributed by atoms with Crippen molar-refractivity contribution in [1.82, 2.24) is 9.88 Å². The molecule has 1 N–H and O–H groups in total. The zero-order chi connectivity index (χ0) is 22.5. The van der Waals surface area contributed by atoms with Crippen LogP contribution in [0.2, 0.25) is 0 Å². The summed E-state index contributed by atoms with van der Waals surface area (Å²) in [7, 11) is 0. The molecule has 2 aliphatic rings. The number of benzene rings is 2. The number of fused-ring (bicyclic) bond motifs is 6. The summed E-state index contributed by atoms with van der Waals surface area (Å²) in [5.74, 6) is -3.01. The number of nitrogens with one attached hydrogen (secondary N) is 1. The van der Waals surface area contributed by atoms with Gasteiger partial charge in [0, 0.05) is 35.6 Å². The van der Waals surface area contributed by atoms with Crippen molar-refractivity contribution in [3.8, 4) is 5.75 Å². The molecule has 3 aromatic rings. The number of carbonyl (C=O) groups is 2. The molecule has 1 saturated heterocycles. The number of carbonyl (C=O) groups excluding carboxylic acids is 2. The predicted octanol–water partition coefficient (Wildman–Crippen LogP) is 4.22. The summed E-state index contributed by atoms with van der Waals surface area (Å²) in [6.07, 6.45) is -4.50. The average molecular weight is 444 g/mol. The highest BCUT2D eigenvalue weighted by molar-refractivity contribution is 5.96. The number of hydrogen-bond acceptors (Lipinski definition) is 5. The number of alkyl halides is 3. The van der Waals surface area contributed by atoms with Crippen LogP contribution in [0.15, 0.2) is 48.5 Å². The molecule has 2 bridgehead atoms. The second-order valence-electron chi connectivity index (χ2n) is 7.99. The summed E-state index contributed by atoms with van der Waals surface area (Å²) < 4.78 is 48.2. The van der Waals surface area contributed by atoms with Gasteiger partial charge in [0.15, 0.2) is 0 Å². The molecular weight excluding hydrogens is 425 g/mol. The molecule has 6 nitrogen and oxygen atoms in total. The summed E-state index contributed by atoms with van der Waals surface area (Å²) in [6.45, 7) is 1.36. The summed E-state index contributed by atoms with van der Waals surface area (Å²) in [5, 5.41) is 0.810. The van der Waals surface area contributed by atoms with Gasteiger partial charge >= 0.3 is 18.1 Å². The first-order valence-electron chi connectivity index (χ1n) is 10.2. The van der Waals surface area contributed by atoms with Crippen LogP contribution in [0.1, 0.15) is 35.2 Å². The zero-order valence-electron chi connectivity index (χ0n) is 16.8. The quantitative estimate of drug-likeness (QED) is 0.482. The molecular formula is C23H19F3N2O4. The molecule has 9 heteroatoms. The van der Waals surface area contributed by atoms with Crippen molar-refractivity contribution >= 4 is 22.8 Å². The van der Waals surface area contributed by atoms with Gasteiger partial charge in [-0.05, 0) is 29.7 Å². The van der Waals surface area contributed by atoms with E-state index in [9.17, 15) is 22.8 Å². The standard InChI is InChI=1S/C23H19F3N2O4/c24-23(25,26)22(30)32-21(29)20-19-17(14-9-10-28(20)11-14)18-15(27-19)7-4-8-16(18)31-12-13-5-2-1-3-6-13/h1-8,14,20,27H,9-12H2. The molecule has 32 heavy (non-hydrogen) atoms. The number of ether oxygens (including phenoxy) is 2. The molecule has 3 unspecified atom stereocenters. The topological polar surface area (TPSA) is 71.6 Å². The Labute approximate surface area is 180 Å². The van der Waals surface area contributed by atoms with Gasteiger partial charge in [-0.2, -0.15) is 13.2 Å². The normalized spacial score (nSPS) is 21.9. The number of aromatic nitrogens is 1. The van der Waals surface area contributed by atoms with Gasteiger partial charge in [0.25, 0.3) is 0 Å². The highest BCUT2D eigenvalue weighted by Gasteiger charge is 2.48. The third-order valence-corrected chi connectivity index (χ3v) is 6.01. The van der Waals surface area contributed by atoms with Crippen LogP contribution in [0.4, 0.5) is 13.2 Å². The molecule has 3 heterocycles. The number of hydrogen-bond donors (Lipinski definition) is 1. The lowest BCUT2D eigenvalue weighted by Crippen LogP contribution is -2.39. The number of esters is 2. The fourth-order valence-electron chi connectivity index (χ4n) is 4.67. The molecule has 0 amide bonds. The van der Waals surface area contributed by atoms with Crippen LogP contribution in [0.3, 0.4) is 0 Å². The van der Waals surface area contributed by atoms with Gasteiger partial charge in [0.05, 0.1) is 0 Å². The number of halogens is 3. The van der Waals surface area contributed by atoms with Gasteiger partial charge in [-0.15, -0.1) is 0 Å². The Morgan fingerprint density at radius 3 is 2.62 bits per heavy atom.